The highest BCUT2D eigenvalue weighted by Crippen LogP contribution is 2.26. The lowest BCUT2D eigenvalue weighted by Gasteiger charge is -2.31. The maximum absolute atomic E-state index is 12.9. The molecule has 18 heavy (non-hydrogen) atoms. The van der Waals surface area contributed by atoms with Gasteiger partial charge in [-0.05, 0) is 37.4 Å². The standard InChI is InChI=1S/C13H14FN3S/c14-10-3-1-9(2-4-10)11-12(18)17-13(16-11)5-7-15-8-6-13/h1-4,15H,5-8H2,(H,17,18). The summed E-state index contributed by atoms with van der Waals surface area (Å²) in [4.78, 5) is 5.43. The predicted molar refractivity (Wildman–Crippen MR) is 73.5 cm³/mol. The zero-order valence-electron chi connectivity index (χ0n) is 9.87. The smallest absolute Gasteiger partial charge is 0.133 e. The summed E-state index contributed by atoms with van der Waals surface area (Å²) in [7, 11) is 0. The Labute approximate surface area is 110 Å². The van der Waals surface area contributed by atoms with E-state index < -0.39 is 0 Å². The van der Waals surface area contributed by atoms with Gasteiger partial charge in [0.25, 0.3) is 0 Å². The van der Waals surface area contributed by atoms with Crippen molar-refractivity contribution in [3.63, 3.8) is 0 Å². The molecule has 0 saturated carbocycles. The van der Waals surface area contributed by atoms with Gasteiger partial charge >= 0.3 is 0 Å². The van der Waals surface area contributed by atoms with E-state index in [1.165, 1.54) is 12.1 Å². The van der Waals surface area contributed by atoms with Crippen LogP contribution in [0.1, 0.15) is 18.4 Å². The van der Waals surface area contributed by atoms with Crippen LogP contribution >= 0.6 is 12.2 Å². The number of nitrogens with zero attached hydrogens (tertiary/aromatic N) is 1. The van der Waals surface area contributed by atoms with Gasteiger partial charge in [0.05, 0.1) is 0 Å². The van der Waals surface area contributed by atoms with Crippen molar-refractivity contribution in [3.05, 3.63) is 35.6 Å². The second kappa shape index (κ2) is 4.40. The predicted octanol–water partition coefficient (Wildman–Crippen LogP) is 1.63. The van der Waals surface area contributed by atoms with Crippen molar-refractivity contribution in [2.75, 3.05) is 13.1 Å². The summed E-state index contributed by atoms with van der Waals surface area (Å²) in [6, 6.07) is 6.33. The third kappa shape index (κ3) is 2.04. The fraction of sp³-hybridized carbons (Fsp3) is 0.385. The molecule has 0 aromatic heterocycles. The van der Waals surface area contributed by atoms with Crippen LogP contribution in [0.5, 0.6) is 0 Å². The number of piperidine rings is 1. The van der Waals surface area contributed by atoms with Gasteiger partial charge in [-0.1, -0.05) is 12.2 Å². The minimum Gasteiger partial charge on any atom is -0.350 e. The number of rotatable bonds is 1. The molecule has 1 saturated heterocycles. The first kappa shape index (κ1) is 11.7. The Morgan fingerprint density at radius 1 is 1.17 bits per heavy atom. The highest BCUT2D eigenvalue weighted by atomic mass is 32.1. The Morgan fingerprint density at radius 2 is 1.83 bits per heavy atom. The largest absolute Gasteiger partial charge is 0.350 e. The molecule has 1 fully saturated rings. The van der Waals surface area contributed by atoms with Gasteiger partial charge in [-0.2, -0.15) is 0 Å². The van der Waals surface area contributed by atoms with Gasteiger partial charge in [-0.3, -0.25) is 4.99 Å². The average molecular weight is 263 g/mol. The second-order valence-electron chi connectivity index (χ2n) is 4.70. The topological polar surface area (TPSA) is 36.4 Å². The first-order chi connectivity index (χ1) is 8.69. The van der Waals surface area contributed by atoms with E-state index in [1.54, 1.807) is 12.1 Å². The Morgan fingerprint density at radius 3 is 2.50 bits per heavy atom. The summed E-state index contributed by atoms with van der Waals surface area (Å²) >= 11 is 5.35. The van der Waals surface area contributed by atoms with Crippen molar-refractivity contribution < 1.29 is 4.39 Å². The maximum Gasteiger partial charge on any atom is 0.133 e. The molecule has 0 atom stereocenters. The molecule has 2 aliphatic rings. The SMILES string of the molecule is Fc1ccc(C2=NC3(CCNCC3)NC2=S)cc1. The summed E-state index contributed by atoms with van der Waals surface area (Å²) < 4.78 is 12.9. The average Bonchev–Trinajstić information content (AvgIpc) is 2.68. The summed E-state index contributed by atoms with van der Waals surface area (Å²) in [6.07, 6.45) is 1.86. The van der Waals surface area contributed by atoms with Gasteiger partial charge in [-0.25, -0.2) is 4.39 Å². The molecule has 2 aliphatic heterocycles. The van der Waals surface area contributed by atoms with E-state index >= 15 is 0 Å². The van der Waals surface area contributed by atoms with Crippen LogP contribution in [0.2, 0.25) is 0 Å². The fourth-order valence-electron chi connectivity index (χ4n) is 2.44. The molecule has 0 bridgehead atoms. The van der Waals surface area contributed by atoms with Gasteiger partial charge in [0, 0.05) is 18.4 Å². The van der Waals surface area contributed by atoms with Gasteiger partial charge in [0.1, 0.15) is 22.2 Å². The maximum atomic E-state index is 12.9. The summed E-state index contributed by atoms with van der Waals surface area (Å²) in [5.74, 6) is -0.243. The lowest BCUT2D eigenvalue weighted by Crippen LogP contribution is -2.49. The van der Waals surface area contributed by atoms with Crippen LogP contribution < -0.4 is 10.6 Å². The molecule has 94 valence electrons. The molecule has 3 rings (SSSR count). The molecule has 0 unspecified atom stereocenters. The minimum atomic E-state index is -0.244. The number of thiocarbonyl (C=S) groups is 1. The zero-order valence-corrected chi connectivity index (χ0v) is 10.7. The first-order valence-electron chi connectivity index (χ1n) is 6.08. The fourth-order valence-corrected chi connectivity index (χ4v) is 2.80. The molecule has 3 nitrogen and oxygen atoms in total. The molecule has 1 spiro atoms. The number of aliphatic imine (C=N–C) groups is 1. The van der Waals surface area contributed by atoms with Crippen molar-refractivity contribution in [2.24, 2.45) is 4.99 Å². The molecule has 1 aromatic carbocycles. The van der Waals surface area contributed by atoms with Gasteiger partial charge < -0.3 is 10.6 Å². The van der Waals surface area contributed by atoms with Crippen LogP contribution in [0.15, 0.2) is 29.3 Å². The molecule has 2 N–H and O–H groups in total. The summed E-state index contributed by atoms with van der Waals surface area (Å²) in [5.41, 5.74) is 1.42. The number of halogens is 1. The van der Waals surface area contributed by atoms with Crippen LogP contribution in [0.25, 0.3) is 0 Å². The Balaban J connectivity index is 1.93. The Bertz CT molecular complexity index is 503. The normalized spacial score (nSPS) is 21.8. The Kier molecular flexibility index (Phi) is 2.87. The first-order valence-corrected chi connectivity index (χ1v) is 6.48. The van der Waals surface area contributed by atoms with Crippen molar-refractivity contribution in [2.45, 2.75) is 18.5 Å². The third-order valence-electron chi connectivity index (χ3n) is 3.44. The molecule has 2 heterocycles. The van der Waals surface area contributed by atoms with E-state index in [1.807, 2.05) is 0 Å². The van der Waals surface area contributed by atoms with Crippen molar-refractivity contribution in [3.8, 4) is 0 Å². The van der Waals surface area contributed by atoms with E-state index in [9.17, 15) is 4.39 Å². The van der Waals surface area contributed by atoms with E-state index in [0.29, 0.717) is 4.99 Å². The van der Waals surface area contributed by atoms with Crippen LogP contribution in [-0.2, 0) is 0 Å². The van der Waals surface area contributed by atoms with Gasteiger partial charge in [-0.15, -0.1) is 0 Å². The quantitative estimate of drug-likeness (QED) is 0.756. The second-order valence-corrected chi connectivity index (χ2v) is 5.11. The van der Waals surface area contributed by atoms with E-state index in [4.69, 9.17) is 17.2 Å². The number of nitrogens with one attached hydrogen (secondary N) is 2. The van der Waals surface area contributed by atoms with Gasteiger partial charge in [0.15, 0.2) is 0 Å². The third-order valence-corrected chi connectivity index (χ3v) is 3.73. The molecule has 0 aliphatic carbocycles. The van der Waals surface area contributed by atoms with E-state index in [2.05, 4.69) is 10.6 Å². The van der Waals surface area contributed by atoms with Crippen LogP contribution in [0.3, 0.4) is 0 Å². The summed E-state index contributed by atoms with van der Waals surface area (Å²) in [5, 5.41) is 6.64. The molecular formula is C13H14FN3S. The highest BCUT2D eigenvalue weighted by molar-refractivity contribution is 7.82. The van der Waals surface area contributed by atoms with Crippen LogP contribution in [-0.4, -0.2) is 29.5 Å². The van der Waals surface area contributed by atoms with Crippen LogP contribution in [0.4, 0.5) is 4.39 Å². The number of hydrogen-bond acceptors (Lipinski definition) is 3. The number of benzene rings is 1. The summed E-state index contributed by atoms with van der Waals surface area (Å²) in [6.45, 7) is 1.88. The number of hydrogen-bond donors (Lipinski definition) is 2. The highest BCUT2D eigenvalue weighted by Gasteiger charge is 2.38. The zero-order chi connectivity index (χ0) is 12.6. The van der Waals surface area contributed by atoms with Gasteiger partial charge in [0.2, 0.25) is 0 Å². The Hall–Kier alpha value is -1.33. The van der Waals surface area contributed by atoms with Crippen molar-refractivity contribution in [1.29, 1.82) is 0 Å². The molecule has 1 aromatic rings. The minimum absolute atomic E-state index is 0.243. The van der Waals surface area contributed by atoms with E-state index in [0.717, 1.165) is 37.2 Å². The lowest BCUT2D eigenvalue weighted by molar-refractivity contribution is 0.300. The van der Waals surface area contributed by atoms with E-state index in [-0.39, 0.29) is 11.5 Å². The molecular weight excluding hydrogens is 249 g/mol. The van der Waals surface area contributed by atoms with Crippen molar-refractivity contribution >= 4 is 22.9 Å². The monoisotopic (exact) mass is 263 g/mol. The lowest BCUT2D eigenvalue weighted by atomic mass is 10.00. The van der Waals surface area contributed by atoms with Crippen LogP contribution in [0, 0.1) is 5.82 Å². The van der Waals surface area contributed by atoms with Crippen molar-refractivity contribution in [1.82, 2.24) is 10.6 Å². The molecule has 0 amide bonds. The molecule has 5 heteroatoms. The molecule has 0 radical (unpaired) electrons.